The van der Waals surface area contributed by atoms with E-state index < -0.39 is 0 Å². The number of aromatic nitrogens is 2. The number of hydrogen-bond acceptors (Lipinski definition) is 3. The Balaban J connectivity index is 1.61. The molecule has 1 N–H and O–H groups in total. The molecule has 1 aliphatic heterocycles. The van der Waals surface area contributed by atoms with Gasteiger partial charge in [-0.05, 0) is 18.9 Å². The Kier molecular flexibility index (Phi) is 5.88. The fourth-order valence-corrected chi connectivity index (χ4v) is 3.04. The lowest BCUT2D eigenvalue weighted by Crippen LogP contribution is -2.55. The molecule has 7 heteroatoms. The number of carbonyl (C=O) groups is 1. The van der Waals surface area contributed by atoms with Gasteiger partial charge in [-0.3, -0.25) is 14.5 Å². The van der Waals surface area contributed by atoms with Crippen molar-refractivity contribution >= 4 is 17.6 Å². The predicted molar refractivity (Wildman–Crippen MR) is 103 cm³/mol. The zero-order valence-electron chi connectivity index (χ0n) is 15.4. The van der Waals surface area contributed by atoms with E-state index in [1.165, 1.54) is 5.56 Å². The minimum atomic E-state index is 0.0675. The number of rotatable bonds is 5. The Morgan fingerprint density at radius 3 is 2.73 bits per heavy atom. The summed E-state index contributed by atoms with van der Waals surface area (Å²) in [7, 11) is 1.85. The van der Waals surface area contributed by atoms with Gasteiger partial charge in [0.1, 0.15) is 6.54 Å². The van der Waals surface area contributed by atoms with Gasteiger partial charge in [-0.15, -0.1) is 0 Å². The highest BCUT2D eigenvalue weighted by molar-refractivity contribution is 5.98. The molecule has 26 heavy (non-hydrogen) atoms. The molecular weight excluding hydrogens is 328 g/mol. The average molecular weight is 354 g/mol. The third-order valence-corrected chi connectivity index (χ3v) is 4.36. The van der Waals surface area contributed by atoms with Crippen molar-refractivity contribution in [2.24, 2.45) is 12.0 Å². The molecule has 0 radical (unpaired) electrons. The van der Waals surface area contributed by atoms with Crippen LogP contribution in [0.1, 0.15) is 12.5 Å². The highest BCUT2D eigenvalue weighted by Gasteiger charge is 2.27. The smallest absolute Gasteiger partial charge is 0.246 e. The lowest BCUT2D eigenvalue weighted by atomic mass is 10.2. The average Bonchev–Trinajstić information content (AvgIpc) is 3.08. The Morgan fingerprint density at radius 1 is 1.27 bits per heavy atom. The summed E-state index contributed by atoms with van der Waals surface area (Å²) in [6.07, 6.45) is 4.48. The number of anilines is 1. The van der Waals surface area contributed by atoms with Crippen LogP contribution in [0, 0.1) is 0 Å². The van der Waals surface area contributed by atoms with E-state index in [9.17, 15) is 4.79 Å². The summed E-state index contributed by atoms with van der Waals surface area (Å²) in [5.41, 5.74) is 2.12. The predicted octanol–water partition coefficient (Wildman–Crippen LogP) is 1.28. The zero-order valence-corrected chi connectivity index (χ0v) is 15.4. The first-order chi connectivity index (χ1) is 12.7. The molecule has 138 valence electrons. The van der Waals surface area contributed by atoms with Gasteiger partial charge >= 0.3 is 0 Å². The van der Waals surface area contributed by atoms with Crippen molar-refractivity contribution in [1.29, 1.82) is 0 Å². The molecule has 1 amide bonds. The lowest BCUT2D eigenvalue weighted by Gasteiger charge is -2.35. The number of nitrogens with zero attached hydrogens (tertiary/aromatic N) is 5. The van der Waals surface area contributed by atoms with Crippen LogP contribution >= 0.6 is 0 Å². The molecular formula is C19H26N6O. The monoisotopic (exact) mass is 354 g/mol. The van der Waals surface area contributed by atoms with Crippen LogP contribution in [0.15, 0.2) is 47.7 Å². The Morgan fingerprint density at radius 2 is 2.08 bits per heavy atom. The van der Waals surface area contributed by atoms with Crippen molar-refractivity contribution in [3.05, 3.63) is 48.3 Å². The van der Waals surface area contributed by atoms with E-state index in [1.54, 1.807) is 15.8 Å². The second kappa shape index (κ2) is 8.51. The first-order valence-electron chi connectivity index (χ1n) is 9.03. The molecule has 0 spiro atoms. The van der Waals surface area contributed by atoms with Gasteiger partial charge in [0.2, 0.25) is 5.91 Å². The zero-order chi connectivity index (χ0) is 18.4. The van der Waals surface area contributed by atoms with Gasteiger partial charge in [0.25, 0.3) is 0 Å². The largest absolute Gasteiger partial charge is 0.357 e. The summed E-state index contributed by atoms with van der Waals surface area (Å²) in [4.78, 5) is 21.1. The fourth-order valence-electron chi connectivity index (χ4n) is 3.04. The van der Waals surface area contributed by atoms with Crippen LogP contribution in [0.4, 0.5) is 5.69 Å². The van der Waals surface area contributed by atoms with E-state index >= 15 is 0 Å². The molecule has 0 aliphatic carbocycles. The molecule has 3 rings (SSSR count). The van der Waals surface area contributed by atoms with Crippen LogP contribution in [-0.2, 0) is 18.3 Å². The first kappa shape index (κ1) is 18.0. The van der Waals surface area contributed by atoms with Gasteiger partial charge < -0.3 is 15.1 Å². The summed E-state index contributed by atoms with van der Waals surface area (Å²) < 4.78 is 1.71. The number of benzene rings is 1. The molecule has 2 aromatic rings. The van der Waals surface area contributed by atoms with Gasteiger partial charge in [-0.1, -0.05) is 30.3 Å². The minimum absolute atomic E-state index is 0.0675. The van der Waals surface area contributed by atoms with Crippen LogP contribution in [-0.4, -0.2) is 59.3 Å². The van der Waals surface area contributed by atoms with E-state index in [2.05, 4.69) is 22.5 Å². The molecule has 0 saturated carbocycles. The molecule has 1 fully saturated rings. The van der Waals surface area contributed by atoms with Crippen molar-refractivity contribution in [3.8, 4) is 0 Å². The molecule has 1 aromatic heterocycles. The van der Waals surface area contributed by atoms with Crippen molar-refractivity contribution in [2.75, 3.05) is 37.6 Å². The van der Waals surface area contributed by atoms with Gasteiger partial charge in [-0.2, -0.15) is 5.10 Å². The number of nitrogens with one attached hydrogen (secondary N) is 1. The molecule has 1 aliphatic rings. The van der Waals surface area contributed by atoms with Crippen molar-refractivity contribution < 1.29 is 4.79 Å². The lowest BCUT2D eigenvalue weighted by molar-refractivity contribution is -0.120. The van der Waals surface area contributed by atoms with E-state index in [1.807, 2.05) is 43.3 Å². The van der Waals surface area contributed by atoms with Gasteiger partial charge in [0.05, 0.1) is 11.9 Å². The molecule has 1 saturated heterocycles. The summed E-state index contributed by atoms with van der Waals surface area (Å²) >= 11 is 0. The van der Waals surface area contributed by atoms with E-state index in [0.29, 0.717) is 19.6 Å². The maximum Gasteiger partial charge on any atom is 0.246 e. The van der Waals surface area contributed by atoms with Gasteiger partial charge in [0, 0.05) is 39.4 Å². The Bertz CT molecular complexity index is 754. The molecule has 0 unspecified atom stereocenters. The van der Waals surface area contributed by atoms with E-state index in [-0.39, 0.29) is 5.91 Å². The fraction of sp³-hybridized carbons (Fsp3) is 0.421. The van der Waals surface area contributed by atoms with Crippen molar-refractivity contribution in [2.45, 2.75) is 13.3 Å². The van der Waals surface area contributed by atoms with Gasteiger partial charge in [0.15, 0.2) is 5.96 Å². The number of guanidine groups is 1. The minimum Gasteiger partial charge on any atom is -0.357 e. The second-order valence-electron chi connectivity index (χ2n) is 6.31. The summed E-state index contributed by atoms with van der Waals surface area (Å²) in [5.74, 6) is 0.875. The molecule has 7 nitrogen and oxygen atoms in total. The Hall–Kier alpha value is -2.83. The normalized spacial score (nSPS) is 15.5. The summed E-state index contributed by atoms with van der Waals surface area (Å²) in [5, 5.41) is 7.46. The van der Waals surface area contributed by atoms with E-state index in [4.69, 9.17) is 4.99 Å². The number of piperazine rings is 1. The van der Waals surface area contributed by atoms with E-state index in [0.717, 1.165) is 31.2 Å². The van der Waals surface area contributed by atoms with Crippen LogP contribution < -0.4 is 10.2 Å². The van der Waals surface area contributed by atoms with Crippen LogP contribution in [0.2, 0.25) is 0 Å². The number of amides is 1. The topological polar surface area (TPSA) is 65.8 Å². The van der Waals surface area contributed by atoms with Crippen molar-refractivity contribution in [3.63, 3.8) is 0 Å². The third kappa shape index (κ3) is 4.41. The van der Waals surface area contributed by atoms with Crippen LogP contribution in [0.25, 0.3) is 0 Å². The number of aryl methyl sites for hydroxylation is 1. The summed E-state index contributed by atoms with van der Waals surface area (Å²) in [6, 6.07) is 10.3. The number of aliphatic imine (C=N–C) groups is 1. The molecule has 2 heterocycles. The molecule has 0 bridgehead atoms. The maximum absolute atomic E-state index is 12.6. The summed E-state index contributed by atoms with van der Waals surface area (Å²) in [6.45, 7) is 5.22. The highest BCUT2D eigenvalue weighted by atomic mass is 16.2. The molecule has 1 aromatic carbocycles. The second-order valence-corrected chi connectivity index (χ2v) is 6.31. The highest BCUT2D eigenvalue weighted by Crippen LogP contribution is 2.16. The SMILES string of the molecule is CCNC(=NCCc1ccccc1)N1CCN(c2cnn(C)c2)C(=O)C1. The van der Waals surface area contributed by atoms with Crippen LogP contribution in [0.3, 0.4) is 0 Å². The third-order valence-electron chi connectivity index (χ3n) is 4.36. The Labute approximate surface area is 154 Å². The van der Waals surface area contributed by atoms with Crippen molar-refractivity contribution in [1.82, 2.24) is 20.0 Å². The number of hydrogen-bond donors (Lipinski definition) is 1. The van der Waals surface area contributed by atoms with Gasteiger partial charge in [-0.25, -0.2) is 0 Å². The molecule has 0 atom stereocenters. The number of carbonyl (C=O) groups excluding carboxylic acids is 1. The first-order valence-corrected chi connectivity index (χ1v) is 9.03. The quantitative estimate of drug-likeness (QED) is 0.649. The standard InChI is InChI=1S/C19H26N6O/c1-3-20-19(21-10-9-16-7-5-4-6-8-16)24-11-12-25(18(26)15-24)17-13-22-23(2)14-17/h4-8,13-14H,3,9-12,15H2,1-2H3,(H,20,21). The van der Waals surface area contributed by atoms with Crippen LogP contribution in [0.5, 0.6) is 0 Å². The maximum atomic E-state index is 12.6.